The third-order valence-corrected chi connectivity index (χ3v) is 5.69. The summed E-state index contributed by atoms with van der Waals surface area (Å²) in [5, 5.41) is 3.47. The summed E-state index contributed by atoms with van der Waals surface area (Å²) in [6.45, 7) is 1.83. The quantitative estimate of drug-likeness (QED) is 0.506. The molecule has 0 saturated carbocycles. The van der Waals surface area contributed by atoms with Crippen LogP contribution in [0.15, 0.2) is 66.4 Å². The van der Waals surface area contributed by atoms with Crippen LogP contribution in [0.4, 0.5) is 15.8 Å². The summed E-state index contributed by atoms with van der Waals surface area (Å²) in [6, 6.07) is 15.4. The number of ether oxygens (including phenoxy) is 2. The molecule has 1 N–H and O–H groups in total. The van der Waals surface area contributed by atoms with Crippen molar-refractivity contribution in [1.29, 1.82) is 0 Å². The molecule has 0 atom stereocenters. The first-order valence-corrected chi connectivity index (χ1v) is 10.4. The smallest absolute Gasteiger partial charge is 0.282 e. The summed E-state index contributed by atoms with van der Waals surface area (Å²) in [5.74, 6) is -0.595. The highest BCUT2D eigenvalue weighted by molar-refractivity contribution is 6.46. The summed E-state index contributed by atoms with van der Waals surface area (Å²) in [7, 11) is 3.02. The highest BCUT2D eigenvalue weighted by Crippen LogP contribution is 2.36. The number of nitrogens with one attached hydrogen (secondary N) is 1. The van der Waals surface area contributed by atoms with E-state index in [1.807, 2.05) is 6.92 Å². The number of hydrogen-bond donors (Lipinski definition) is 1. The highest BCUT2D eigenvalue weighted by Gasteiger charge is 2.40. The van der Waals surface area contributed by atoms with Gasteiger partial charge in [-0.05, 0) is 54.4 Å². The van der Waals surface area contributed by atoms with Crippen molar-refractivity contribution in [3.05, 3.63) is 88.3 Å². The lowest BCUT2D eigenvalue weighted by Crippen LogP contribution is -2.32. The number of carbonyl (C=O) groups is 2. The van der Waals surface area contributed by atoms with Gasteiger partial charge < -0.3 is 14.8 Å². The molecule has 0 spiro atoms. The number of anilines is 2. The van der Waals surface area contributed by atoms with Crippen LogP contribution in [0.1, 0.15) is 11.1 Å². The Morgan fingerprint density at radius 2 is 1.58 bits per heavy atom. The van der Waals surface area contributed by atoms with Crippen molar-refractivity contribution >= 4 is 40.4 Å². The van der Waals surface area contributed by atoms with E-state index in [-0.39, 0.29) is 11.3 Å². The number of carbonyl (C=O) groups excluding carboxylic acids is 2. The van der Waals surface area contributed by atoms with Crippen molar-refractivity contribution in [3.8, 4) is 11.5 Å². The van der Waals surface area contributed by atoms with Crippen LogP contribution in [0.2, 0.25) is 5.02 Å². The Balaban J connectivity index is 1.82. The molecule has 4 rings (SSSR count). The monoisotopic (exact) mass is 466 g/mol. The topological polar surface area (TPSA) is 67.9 Å². The fourth-order valence-corrected chi connectivity index (χ4v) is 3.72. The van der Waals surface area contributed by atoms with Crippen LogP contribution in [0.3, 0.4) is 0 Å². The molecule has 3 aromatic rings. The Labute approximate surface area is 195 Å². The molecule has 3 aromatic carbocycles. The van der Waals surface area contributed by atoms with Crippen LogP contribution in [0, 0.1) is 12.7 Å². The van der Waals surface area contributed by atoms with Gasteiger partial charge in [0.05, 0.1) is 25.5 Å². The zero-order valence-electron chi connectivity index (χ0n) is 18.1. The summed E-state index contributed by atoms with van der Waals surface area (Å²) in [5.41, 5.74) is 2.23. The van der Waals surface area contributed by atoms with E-state index < -0.39 is 17.6 Å². The molecule has 6 nitrogen and oxygen atoms in total. The van der Waals surface area contributed by atoms with E-state index in [9.17, 15) is 14.0 Å². The van der Waals surface area contributed by atoms with Crippen molar-refractivity contribution in [2.45, 2.75) is 6.92 Å². The minimum atomic E-state index is -0.561. The second-order valence-electron chi connectivity index (χ2n) is 7.33. The van der Waals surface area contributed by atoms with Crippen molar-refractivity contribution in [3.63, 3.8) is 0 Å². The first kappa shape index (κ1) is 22.4. The molecule has 0 unspecified atom stereocenters. The molecule has 8 heteroatoms. The number of rotatable bonds is 6. The van der Waals surface area contributed by atoms with E-state index in [1.165, 1.54) is 38.5 Å². The second-order valence-corrected chi connectivity index (χ2v) is 7.74. The number of methoxy groups -OCH3 is 2. The highest BCUT2D eigenvalue weighted by atomic mass is 35.5. The average Bonchev–Trinajstić information content (AvgIpc) is 3.05. The predicted octanol–water partition coefficient (Wildman–Crippen LogP) is 5.20. The van der Waals surface area contributed by atoms with Crippen LogP contribution in [-0.2, 0) is 9.59 Å². The molecular weight excluding hydrogens is 447 g/mol. The van der Waals surface area contributed by atoms with E-state index in [1.54, 1.807) is 36.4 Å². The van der Waals surface area contributed by atoms with Gasteiger partial charge in [0.1, 0.15) is 11.5 Å². The van der Waals surface area contributed by atoms with Gasteiger partial charge in [0, 0.05) is 16.8 Å². The van der Waals surface area contributed by atoms with Crippen molar-refractivity contribution in [2.75, 3.05) is 24.4 Å². The Morgan fingerprint density at radius 3 is 2.21 bits per heavy atom. The maximum absolute atomic E-state index is 13.5. The molecule has 1 aliphatic rings. The summed E-state index contributed by atoms with van der Waals surface area (Å²) in [4.78, 5) is 28.0. The Morgan fingerprint density at radius 1 is 0.879 bits per heavy atom. The minimum absolute atomic E-state index is 0.0514. The van der Waals surface area contributed by atoms with Gasteiger partial charge in [0.2, 0.25) is 0 Å². The standard InChI is InChI=1S/C25H20ClFN2O4/c1-14-4-10-18(13-19(14)26)29-24(30)22(15-5-7-16(27)8-6-15)23(25(29)31)28-17-9-11-20(32-2)21(12-17)33-3/h4-13,28H,1-3H3. The lowest BCUT2D eigenvalue weighted by Gasteiger charge is -2.16. The zero-order chi connectivity index (χ0) is 23.7. The first-order valence-electron chi connectivity index (χ1n) is 9.98. The normalized spacial score (nSPS) is 13.5. The van der Waals surface area contributed by atoms with Gasteiger partial charge in [0.25, 0.3) is 11.8 Å². The number of imide groups is 1. The maximum atomic E-state index is 13.5. The van der Waals surface area contributed by atoms with Gasteiger partial charge in [-0.1, -0.05) is 29.8 Å². The molecule has 0 fully saturated rings. The summed E-state index contributed by atoms with van der Waals surface area (Å²) >= 11 is 6.24. The molecule has 33 heavy (non-hydrogen) atoms. The van der Waals surface area contributed by atoms with E-state index in [0.29, 0.717) is 33.5 Å². The number of hydrogen-bond acceptors (Lipinski definition) is 5. The van der Waals surface area contributed by atoms with Crippen LogP contribution in [0.5, 0.6) is 11.5 Å². The molecule has 0 saturated heterocycles. The maximum Gasteiger partial charge on any atom is 0.282 e. The lowest BCUT2D eigenvalue weighted by atomic mass is 10.0. The lowest BCUT2D eigenvalue weighted by molar-refractivity contribution is -0.120. The predicted molar refractivity (Wildman–Crippen MR) is 125 cm³/mol. The van der Waals surface area contributed by atoms with E-state index in [0.717, 1.165) is 10.5 Å². The van der Waals surface area contributed by atoms with Gasteiger partial charge >= 0.3 is 0 Å². The number of halogens is 2. The third kappa shape index (κ3) is 4.15. The molecule has 0 aromatic heterocycles. The number of aryl methyl sites for hydroxylation is 1. The molecule has 168 valence electrons. The van der Waals surface area contributed by atoms with Crippen molar-refractivity contribution < 1.29 is 23.5 Å². The van der Waals surface area contributed by atoms with Crippen molar-refractivity contribution in [1.82, 2.24) is 0 Å². The summed E-state index contributed by atoms with van der Waals surface area (Å²) in [6.07, 6.45) is 0. The largest absolute Gasteiger partial charge is 0.493 e. The number of nitrogens with zero attached hydrogens (tertiary/aromatic N) is 1. The molecule has 2 amide bonds. The van der Waals surface area contributed by atoms with Crippen LogP contribution in [0.25, 0.3) is 5.57 Å². The Bertz CT molecular complexity index is 1290. The van der Waals surface area contributed by atoms with Crippen LogP contribution in [-0.4, -0.2) is 26.0 Å². The van der Waals surface area contributed by atoms with Crippen LogP contribution >= 0.6 is 11.6 Å². The minimum Gasteiger partial charge on any atom is -0.493 e. The van der Waals surface area contributed by atoms with Gasteiger partial charge in [-0.2, -0.15) is 0 Å². The molecular formula is C25H20ClFN2O4. The SMILES string of the molecule is COc1ccc(NC2=C(c3ccc(F)cc3)C(=O)N(c3ccc(C)c(Cl)c3)C2=O)cc1OC. The first-order chi connectivity index (χ1) is 15.8. The molecule has 0 radical (unpaired) electrons. The number of benzene rings is 3. The average molecular weight is 467 g/mol. The van der Waals surface area contributed by atoms with Crippen LogP contribution < -0.4 is 19.7 Å². The van der Waals surface area contributed by atoms with Gasteiger partial charge in [0.15, 0.2) is 11.5 Å². The van der Waals surface area contributed by atoms with Crippen molar-refractivity contribution in [2.24, 2.45) is 0 Å². The van der Waals surface area contributed by atoms with Gasteiger partial charge in [-0.3, -0.25) is 9.59 Å². The molecule has 0 aliphatic carbocycles. The molecule has 1 aliphatic heterocycles. The zero-order valence-corrected chi connectivity index (χ0v) is 18.9. The van der Waals surface area contributed by atoms with Gasteiger partial charge in [-0.15, -0.1) is 0 Å². The molecule has 0 bridgehead atoms. The number of amides is 2. The Kier molecular flexibility index (Phi) is 6.07. The molecule has 1 heterocycles. The second kappa shape index (κ2) is 8.96. The van der Waals surface area contributed by atoms with Gasteiger partial charge in [-0.25, -0.2) is 9.29 Å². The van der Waals surface area contributed by atoms with E-state index in [4.69, 9.17) is 21.1 Å². The fraction of sp³-hybridized carbons (Fsp3) is 0.120. The summed E-state index contributed by atoms with van der Waals surface area (Å²) < 4.78 is 24.1. The van der Waals surface area contributed by atoms with E-state index in [2.05, 4.69) is 5.32 Å². The third-order valence-electron chi connectivity index (χ3n) is 5.28. The Hall–Kier alpha value is -3.84. The fourth-order valence-electron chi connectivity index (χ4n) is 3.54. The van der Waals surface area contributed by atoms with E-state index >= 15 is 0 Å².